The van der Waals surface area contributed by atoms with Crippen molar-refractivity contribution in [2.45, 2.75) is 31.8 Å². The molecule has 2 fully saturated rings. The Labute approximate surface area is 137 Å². The summed E-state index contributed by atoms with van der Waals surface area (Å²) in [7, 11) is -3.50. The quantitative estimate of drug-likeness (QED) is 0.833. The molecule has 0 saturated carbocycles. The number of morpholine rings is 1. The number of hydrogen-bond donors (Lipinski definition) is 1. The maximum Gasteiger partial charge on any atom is 0.280 e. The van der Waals surface area contributed by atoms with E-state index in [0.717, 1.165) is 25.9 Å². The molecule has 0 radical (unpaired) electrons. The Hall–Kier alpha value is -0.930. The summed E-state index contributed by atoms with van der Waals surface area (Å²) < 4.78 is 40.3. The van der Waals surface area contributed by atoms with Crippen LogP contribution in [0.15, 0.2) is 22.8 Å². The molecule has 7 nitrogen and oxygen atoms in total. The molecule has 0 amide bonds. The SMILES string of the molecule is C[C@H](CNS(=O)(=O)N1CCC[C@H]1c1ccco1)N1CCOCC1. The zero-order valence-corrected chi connectivity index (χ0v) is 14.3. The fraction of sp³-hybridized carbons (Fsp3) is 0.733. The predicted molar refractivity (Wildman–Crippen MR) is 86.2 cm³/mol. The van der Waals surface area contributed by atoms with E-state index < -0.39 is 10.2 Å². The van der Waals surface area contributed by atoms with Crippen molar-refractivity contribution < 1.29 is 17.6 Å². The minimum atomic E-state index is -3.50. The first-order chi connectivity index (χ1) is 11.1. The van der Waals surface area contributed by atoms with Crippen molar-refractivity contribution in [2.24, 2.45) is 0 Å². The standard InChI is InChI=1S/C15H25N3O4S/c1-13(17-7-10-21-11-8-17)12-16-23(19,20)18-6-2-4-14(18)15-5-3-9-22-15/h3,5,9,13-14,16H,2,4,6-8,10-12H2,1H3/t13-,14+/m1/s1. The van der Waals surface area contributed by atoms with Gasteiger partial charge in [0.15, 0.2) is 0 Å². The molecule has 3 rings (SSSR count). The summed E-state index contributed by atoms with van der Waals surface area (Å²) in [4.78, 5) is 2.25. The molecule has 1 N–H and O–H groups in total. The Bertz CT molecular complexity index is 584. The fourth-order valence-electron chi connectivity index (χ4n) is 3.25. The molecule has 0 aliphatic carbocycles. The average molecular weight is 343 g/mol. The van der Waals surface area contributed by atoms with Gasteiger partial charge < -0.3 is 9.15 Å². The number of ether oxygens (including phenoxy) is 1. The Morgan fingerprint density at radius 1 is 1.35 bits per heavy atom. The number of rotatable bonds is 6. The molecular formula is C15H25N3O4S. The molecule has 2 aliphatic heterocycles. The largest absolute Gasteiger partial charge is 0.468 e. The molecular weight excluding hydrogens is 318 g/mol. The average Bonchev–Trinajstić information content (AvgIpc) is 3.24. The highest BCUT2D eigenvalue weighted by Gasteiger charge is 2.36. The molecule has 1 aromatic rings. The number of nitrogens with one attached hydrogen (secondary N) is 1. The minimum Gasteiger partial charge on any atom is -0.468 e. The zero-order chi connectivity index (χ0) is 16.3. The van der Waals surface area contributed by atoms with Gasteiger partial charge in [-0.25, -0.2) is 4.72 Å². The lowest BCUT2D eigenvalue weighted by atomic mass is 10.2. The van der Waals surface area contributed by atoms with Gasteiger partial charge in [-0.2, -0.15) is 12.7 Å². The van der Waals surface area contributed by atoms with Crippen LogP contribution in [0.1, 0.15) is 31.6 Å². The lowest BCUT2D eigenvalue weighted by Crippen LogP contribution is -2.49. The van der Waals surface area contributed by atoms with Crippen molar-refractivity contribution in [3.63, 3.8) is 0 Å². The Balaban J connectivity index is 1.59. The third kappa shape index (κ3) is 3.95. The predicted octanol–water partition coefficient (Wildman–Crippen LogP) is 0.972. The lowest BCUT2D eigenvalue weighted by Gasteiger charge is -2.33. The highest BCUT2D eigenvalue weighted by Crippen LogP contribution is 2.33. The molecule has 2 saturated heterocycles. The van der Waals surface area contributed by atoms with Crippen LogP contribution < -0.4 is 4.72 Å². The van der Waals surface area contributed by atoms with Crippen molar-refractivity contribution >= 4 is 10.2 Å². The zero-order valence-electron chi connectivity index (χ0n) is 13.5. The van der Waals surface area contributed by atoms with Crippen molar-refractivity contribution in [3.05, 3.63) is 24.2 Å². The molecule has 23 heavy (non-hydrogen) atoms. The molecule has 0 bridgehead atoms. The van der Waals surface area contributed by atoms with Crippen molar-refractivity contribution in [2.75, 3.05) is 39.4 Å². The maximum absolute atomic E-state index is 12.7. The second kappa shape index (κ2) is 7.31. The van der Waals surface area contributed by atoms with Gasteiger partial charge in [-0.15, -0.1) is 0 Å². The molecule has 8 heteroatoms. The second-order valence-corrected chi connectivity index (χ2v) is 7.84. The van der Waals surface area contributed by atoms with Gasteiger partial charge in [-0.3, -0.25) is 4.90 Å². The molecule has 0 aromatic carbocycles. The summed E-state index contributed by atoms with van der Waals surface area (Å²) in [5.74, 6) is 0.717. The molecule has 1 aromatic heterocycles. The summed E-state index contributed by atoms with van der Waals surface area (Å²) in [6.07, 6.45) is 3.24. The third-order valence-electron chi connectivity index (χ3n) is 4.61. The minimum absolute atomic E-state index is 0.151. The van der Waals surface area contributed by atoms with Gasteiger partial charge in [0.1, 0.15) is 5.76 Å². The van der Waals surface area contributed by atoms with Gasteiger partial charge >= 0.3 is 0 Å². The van der Waals surface area contributed by atoms with Gasteiger partial charge in [-0.1, -0.05) is 0 Å². The van der Waals surface area contributed by atoms with Gasteiger partial charge in [0.25, 0.3) is 10.2 Å². The molecule has 3 heterocycles. The van der Waals surface area contributed by atoms with Gasteiger partial charge in [0, 0.05) is 32.2 Å². The molecule has 0 spiro atoms. The topological polar surface area (TPSA) is 75.0 Å². The second-order valence-electron chi connectivity index (χ2n) is 6.14. The molecule has 130 valence electrons. The van der Waals surface area contributed by atoms with Crippen LogP contribution in [0.4, 0.5) is 0 Å². The van der Waals surface area contributed by atoms with E-state index in [1.165, 1.54) is 4.31 Å². The van der Waals surface area contributed by atoms with E-state index in [9.17, 15) is 8.42 Å². The van der Waals surface area contributed by atoms with Crippen molar-refractivity contribution in [1.29, 1.82) is 0 Å². The van der Waals surface area contributed by atoms with E-state index in [2.05, 4.69) is 9.62 Å². The number of nitrogens with zero attached hydrogens (tertiary/aromatic N) is 2. The fourth-order valence-corrected chi connectivity index (χ4v) is 4.78. The van der Waals surface area contributed by atoms with Gasteiger partial charge in [0.2, 0.25) is 0 Å². The Kier molecular flexibility index (Phi) is 5.38. The third-order valence-corrected chi connectivity index (χ3v) is 6.20. The Morgan fingerprint density at radius 3 is 2.83 bits per heavy atom. The van der Waals surface area contributed by atoms with E-state index in [0.29, 0.717) is 32.1 Å². The van der Waals surface area contributed by atoms with Crippen LogP contribution in [0.2, 0.25) is 0 Å². The van der Waals surface area contributed by atoms with Crippen LogP contribution in [0.3, 0.4) is 0 Å². The van der Waals surface area contributed by atoms with E-state index in [1.807, 2.05) is 13.0 Å². The highest BCUT2D eigenvalue weighted by atomic mass is 32.2. The first-order valence-electron chi connectivity index (χ1n) is 8.19. The van der Waals surface area contributed by atoms with Crippen LogP contribution in [0, 0.1) is 0 Å². The van der Waals surface area contributed by atoms with Crippen LogP contribution in [0.5, 0.6) is 0 Å². The number of hydrogen-bond acceptors (Lipinski definition) is 5. The summed E-state index contributed by atoms with van der Waals surface area (Å²) in [6, 6.07) is 3.60. The molecule has 0 unspecified atom stereocenters. The van der Waals surface area contributed by atoms with E-state index in [4.69, 9.17) is 9.15 Å². The number of furan rings is 1. The first-order valence-corrected chi connectivity index (χ1v) is 9.63. The monoisotopic (exact) mass is 343 g/mol. The van der Waals surface area contributed by atoms with Gasteiger partial charge in [-0.05, 0) is 31.9 Å². The first kappa shape index (κ1) is 16.9. The maximum atomic E-state index is 12.7. The summed E-state index contributed by atoms with van der Waals surface area (Å²) >= 11 is 0. The summed E-state index contributed by atoms with van der Waals surface area (Å²) in [5, 5.41) is 0. The molecule has 2 aliphatic rings. The van der Waals surface area contributed by atoms with Crippen LogP contribution >= 0.6 is 0 Å². The van der Waals surface area contributed by atoms with Crippen LogP contribution in [-0.2, 0) is 14.9 Å². The normalized spacial score (nSPS) is 25.7. The smallest absolute Gasteiger partial charge is 0.280 e. The highest BCUT2D eigenvalue weighted by molar-refractivity contribution is 7.87. The summed E-state index contributed by atoms with van der Waals surface area (Å²) in [6.45, 7) is 6.11. The summed E-state index contributed by atoms with van der Waals surface area (Å²) in [5.41, 5.74) is 0. The lowest BCUT2D eigenvalue weighted by molar-refractivity contribution is 0.0213. The van der Waals surface area contributed by atoms with E-state index >= 15 is 0 Å². The van der Waals surface area contributed by atoms with Crippen LogP contribution in [0.25, 0.3) is 0 Å². The van der Waals surface area contributed by atoms with Gasteiger partial charge in [0.05, 0.1) is 25.5 Å². The van der Waals surface area contributed by atoms with Crippen molar-refractivity contribution in [1.82, 2.24) is 13.9 Å². The van der Waals surface area contributed by atoms with E-state index in [-0.39, 0.29) is 12.1 Å². The van der Waals surface area contributed by atoms with Crippen molar-refractivity contribution in [3.8, 4) is 0 Å². The van der Waals surface area contributed by atoms with E-state index in [1.54, 1.807) is 12.3 Å². The Morgan fingerprint density at radius 2 is 2.13 bits per heavy atom. The molecule has 2 atom stereocenters. The van der Waals surface area contributed by atoms with Crippen LogP contribution in [-0.4, -0.2) is 63.1 Å².